The van der Waals surface area contributed by atoms with Crippen molar-refractivity contribution in [2.45, 2.75) is 32.1 Å². The van der Waals surface area contributed by atoms with Gasteiger partial charge in [-0.25, -0.2) is 0 Å². The Balaban J connectivity index is 1.36. The Hall–Kier alpha value is -3.56. The number of ether oxygens (including phenoxy) is 4. The van der Waals surface area contributed by atoms with Crippen LogP contribution >= 0.6 is 0 Å². The van der Waals surface area contributed by atoms with Gasteiger partial charge in [-0.1, -0.05) is 0 Å². The molecule has 2 aromatic carbocycles. The van der Waals surface area contributed by atoms with Crippen molar-refractivity contribution in [2.24, 2.45) is 0 Å². The van der Waals surface area contributed by atoms with Gasteiger partial charge in [-0.05, 0) is 0 Å². The molecule has 12 heteroatoms. The molecule has 0 atom stereocenters. The van der Waals surface area contributed by atoms with Crippen molar-refractivity contribution in [2.75, 3.05) is 27.4 Å². The molecule has 2 N–H and O–H groups in total. The number of carboxylic acids is 2. The zero-order valence-corrected chi connectivity index (χ0v) is 25.8. The van der Waals surface area contributed by atoms with E-state index in [0.29, 0.717) is 51.5 Å². The van der Waals surface area contributed by atoms with Crippen molar-refractivity contribution in [1.29, 1.82) is 0 Å². The van der Waals surface area contributed by atoms with E-state index < -0.39 is 11.9 Å². The molecule has 10 nitrogen and oxygen atoms in total. The molecule has 4 rings (SSSR count). The van der Waals surface area contributed by atoms with Gasteiger partial charge in [0.2, 0.25) is 0 Å². The van der Waals surface area contributed by atoms with Gasteiger partial charge in [0.15, 0.2) is 0 Å². The number of hydrogen-bond donors (Lipinski definition) is 2. The van der Waals surface area contributed by atoms with Crippen molar-refractivity contribution in [3.05, 3.63) is 45.3 Å². The number of fused-ring (bicyclic) bond motifs is 2. The van der Waals surface area contributed by atoms with Crippen molar-refractivity contribution in [1.82, 2.24) is 0 Å². The number of hydrogen-bond acceptors (Lipinski definition) is 8. The summed E-state index contributed by atoms with van der Waals surface area (Å²) in [5, 5.41) is 19.4. The average Bonchev–Trinajstić information content (AvgIpc) is 3.56. The Kier molecular flexibility index (Phi) is 10.3. The van der Waals surface area contributed by atoms with Crippen molar-refractivity contribution in [3.8, 4) is 23.0 Å². The molecular formula is C29H28O10Se2. The van der Waals surface area contributed by atoms with Crippen LogP contribution in [0.4, 0.5) is 0 Å². The summed E-state index contributed by atoms with van der Waals surface area (Å²) in [5.74, 6) is -0.0930. The van der Waals surface area contributed by atoms with Crippen LogP contribution in [0.25, 0.3) is 19.3 Å². The van der Waals surface area contributed by atoms with Crippen molar-refractivity contribution >= 4 is 71.8 Å². The normalized spacial score (nSPS) is 11.0. The standard InChI is InChI=1S/C29H28O10Se2/c1-36-20-14-24-16(12-26(40-24)18(30)4-6-28(32)33)10-22(20)38-8-3-9-39-23-11-17-13-27(19(31)5-7-29(34)35)41-25(17)15-21(23)37-2/h10-15H,3-9H2,1-2H3,(H,32,33)(H,34,35). The van der Waals surface area contributed by atoms with Crippen LogP contribution < -0.4 is 18.9 Å². The summed E-state index contributed by atoms with van der Waals surface area (Å²) < 4.78 is 26.2. The van der Waals surface area contributed by atoms with E-state index >= 15 is 0 Å². The molecule has 2 heterocycles. The van der Waals surface area contributed by atoms with E-state index in [-0.39, 0.29) is 66.3 Å². The van der Waals surface area contributed by atoms with Crippen LogP contribution in [0.2, 0.25) is 0 Å². The molecule has 0 aliphatic carbocycles. The molecule has 0 bridgehead atoms. The third kappa shape index (κ3) is 7.80. The van der Waals surface area contributed by atoms with Crippen LogP contribution in [0.1, 0.15) is 50.6 Å². The SMILES string of the molecule is COc1cc2[se]c(C(=O)CCC(=O)O)cc2cc1OCCCOc1cc2cc(C(=O)CCC(=O)O)[se]c2cc1OC. The van der Waals surface area contributed by atoms with Gasteiger partial charge in [0.25, 0.3) is 0 Å². The van der Waals surface area contributed by atoms with E-state index in [2.05, 4.69) is 0 Å². The Morgan fingerprint density at radius 1 is 0.610 bits per heavy atom. The first-order valence-electron chi connectivity index (χ1n) is 12.7. The van der Waals surface area contributed by atoms with Crippen molar-refractivity contribution in [3.63, 3.8) is 0 Å². The van der Waals surface area contributed by atoms with Crippen LogP contribution in [-0.2, 0) is 9.59 Å². The molecule has 0 aliphatic rings. The molecule has 0 saturated carbocycles. The third-order valence-electron chi connectivity index (χ3n) is 6.09. The van der Waals surface area contributed by atoms with E-state index in [1.807, 2.05) is 24.3 Å². The van der Waals surface area contributed by atoms with Crippen LogP contribution in [0.3, 0.4) is 0 Å². The molecule has 41 heavy (non-hydrogen) atoms. The topological polar surface area (TPSA) is 146 Å². The molecular weight excluding hydrogens is 666 g/mol. The summed E-state index contributed by atoms with van der Waals surface area (Å²) in [5.41, 5.74) is 0. The molecule has 0 unspecified atom stereocenters. The first-order chi connectivity index (χ1) is 19.7. The maximum atomic E-state index is 12.4. The second-order valence-electron chi connectivity index (χ2n) is 8.99. The van der Waals surface area contributed by atoms with Gasteiger partial charge in [0, 0.05) is 0 Å². The third-order valence-corrected chi connectivity index (χ3v) is 10.9. The van der Waals surface area contributed by atoms with Crippen LogP contribution in [0.15, 0.2) is 36.4 Å². The Morgan fingerprint density at radius 2 is 1.02 bits per heavy atom. The van der Waals surface area contributed by atoms with E-state index in [1.165, 1.54) is 0 Å². The minimum absolute atomic E-state index is 0.0182. The first kappa shape index (κ1) is 30.4. The van der Waals surface area contributed by atoms with E-state index in [4.69, 9.17) is 29.2 Å². The summed E-state index contributed by atoms with van der Waals surface area (Å²) >= 11 is -0.440. The van der Waals surface area contributed by atoms with Crippen molar-refractivity contribution < 1.29 is 48.3 Å². The number of carboxylic acid groups (broad SMARTS) is 2. The van der Waals surface area contributed by atoms with Gasteiger partial charge in [-0.3, -0.25) is 0 Å². The second kappa shape index (κ2) is 13.9. The zero-order chi connectivity index (χ0) is 29.5. The van der Waals surface area contributed by atoms with Gasteiger partial charge < -0.3 is 0 Å². The van der Waals surface area contributed by atoms with Gasteiger partial charge in [0.1, 0.15) is 0 Å². The average molecular weight is 694 g/mol. The number of Topliss-reactive ketones (excluding diaryl/α,β-unsaturated/α-hetero) is 2. The maximum absolute atomic E-state index is 12.4. The Morgan fingerprint density at radius 3 is 1.39 bits per heavy atom. The first-order valence-corrected chi connectivity index (χ1v) is 16.1. The van der Waals surface area contributed by atoms with Gasteiger partial charge in [0.05, 0.1) is 0 Å². The minimum atomic E-state index is -0.994. The predicted molar refractivity (Wildman–Crippen MR) is 153 cm³/mol. The summed E-state index contributed by atoms with van der Waals surface area (Å²) in [6.45, 7) is 0.680. The molecule has 0 radical (unpaired) electrons. The zero-order valence-electron chi connectivity index (χ0n) is 22.4. The van der Waals surface area contributed by atoms with Crippen LogP contribution in [0, 0.1) is 0 Å². The van der Waals surface area contributed by atoms with E-state index in [0.717, 1.165) is 19.3 Å². The second-order valence-corrected chi connectivity index (χ2v) is 13.5. The number of carbonyl (C=O) groups is 4. The van der Waals surface area contributed by atoms with Gasteiger partial charge in [-0.2, -0.15) is 0 Å². The van der Waals surface area contributed by atoms with Gasteiger partial charge in [-0.15, -0.1) is 0 Å². The number of ketones is 2. The molecule has 0 fully saturated rings. The summed E-state index contributed by atoms with van der Waals surface area (Å²) in [4.78, 5) is 46.4. The molecule has 216 valence electrons. The fraction of sp³-hybridized carbons (Fsp3) is 0.310. The Labute approximate surface area is 247 Å². The fourth-order valence-corrected chi connectivity index (χ4v) is 8.39. The molecule has 4 aromatic rings. The quantitative estimate of drug-likeness (QED) is 0.100. The van der Waals surface area contributed by atoms with E-state index in [1.54, 1.807) is 26.4 Å². The molecule has 2 aromatic heterocycles. The monoisotopic (exact) mass is 696 g/mol. The molecule has 0 saturated heterocycles. The van der Waals surface area contributed by atoms with Crippen LogP contribution in [-0.4, -0.2) is 90.2 Å². The number of methoxy groups -OCH3 is 2. The predicted octanol–water partition coefficient (Wildman–Crippen LogP) is 4.07. The molecule has 0 spiro atoms. The number of rotatable bonds is 16. The number of carbonyl (C=O) groups excluding carboxylic acids is 2. The summed E-state index contributed by atoms with van der Waals surface area (Å²) in [6.07, 6.45) is 0.141. The Bertz CT molecular complexity index is 1480. The number of benzene rings is 2. The number of aliphatic carboxylic acids is 2. The summed E-state index contributed by atoms with van der Waals surface area (Å²) in [7, 11) is 3.10. The van der Waals surface area contributed by atoms with E-state index in [9.17, 15) is 19.2 Å². The molecule has 0 aliphatic heterocycles. The van der Waals surface area contributed by atoms with Gasteiger partial charge >= 0.3 is 248 Å². The van der Waals surface area contributed by atoms with Crippen LogP contribution in [0.5, 0.6) is 23.0 Å². The fourth-order valence-electron chi connectivity index (χ4n) is 4.02. The summed E-state index contributed by atoms with van der Waals surface area (Å²) in [6, 6.07) is 11.0. The molecule has 0 amide bonds.